The molecule has 1 N–H and O–H groups in total. The lowest BCUT2D eigenvalue weighted by molar-refractivity contribution is -0.384. The second kappa shape index (κ2) is 11.0. The lowest BCUT2D eigenvalue weighted by atomic mass is 10.0. The number of hydrogen-bond donors (Lipinski definition) is 1. The van der Waals surface area contributed by atoms with Crippen LogP contribution in [-0.2, 0) is 0 Å². The van der Waals surface area contributed by atoms with E-state index >= 15 is 0 Å². The molecule has 10 heteroatoms. The van der Waals surface area contributed by atoms with Gasteiger partial charge in [0.1, 0.15) is 5.56 Å². The van der Waals surface area contributed by atoms with Gasteiger partial charge in [-0.25, -0.2) is 4.68 Å². The third-order valence-corrected chi connectivity index (χ3v) is 5.95. The summed E-state index contributed by atoms with van der Waals surface area (Å²) in [4.78, 5) is 52.2. The smallest absolute Gasteiger partial charge is 0.282 e. The van der Waals surface area contributed by atoms with Gasteiger partial charge in [0.2, 0.25) is 0 Å². The Hall–Kier alpha value is -4.50. The lowest BCUT2D eigenvalue weighted by Gasteiger charge is -2.21. The van der Waals surface area contributed by atoms with E-state index in [1.165, 1.54) is 33.8 Å². The third kappa shape index (κ3) is 5.52. The van der Waals surface area contributed by atoms with Gasteiger partial charge in [-0.3, -0.25) is 29.6 Å². The Bertz CT molecular complexity index is 1530. The number of aromatic amines is 1. The molecule has 188 valence electrons. The zero-order valence-electron chi connectivity index (χ0n) is 19.9. The summed E-state index contributed by atoms with van der Waals surface area (Å²) in [6, 6.07) is 20.9. The van der Waals surface area contributed by atoms with Crippen LogP contribution in [0, 0.1) is 10.1 Å². The molecule has 0 saturated heterocycles. The zero-order valence-corrected chi connectivity index (χ0v) is 20.6. The Balaban J connectivity index is 1.75. The molecule has 0 bridgehead atoms. The molecule has 37 heavy (non-hydrogen) atoms. The number of benzene rings is 3. The highest BCUT2D eigenvalue weighted by Crippen LogP contribution is 2.23. The fourth-order valence-corrected chi connectivity index (χ4v) is 4.20. The molecule has 1 aromatic heterocycles. The molecule has 4 rings (SSSR count). The van der Waals surface area contributed by atoms with Crippen LogP contribution in [0.5, 0.6) is 0 Å². The van der Waals surface area contributed by atoms with Crippen LogP contribution < -0.4 is 5.56 Å². The van der Waals surface area contributed by atoms with Crippen molar-refractivity contribution in [1.82, 2.24) is 14.7 Å². The SMILES string of the molecule is CCCN(CC(=O)c1c(-c2ccccc2)[nH]n(-c2cccc(Cl)c2)c1=O)C(=O)c1cccc([N+](=O)[O-])c1. The van der Waals surface area contributed by atoms with Crippen LogP contribution in [0.2, 0.25) is 5.02 Å². The quantitative estimate of drug-likeness (QED) is 0.187. The molecule has 0 aliphatic heterocycles. The third-order valence-electron chi connectivity index (χ3n) is 5.72. The van der Waals surface area contributed by atoms with Gasteiger partial charge in [-0.1, -0.05) is 61.0 Å². The van der Waals surface area contributed by atoms with Gasteiger partial charge in [-0.15, -0.1) is 0 Å². The Morgan fingerprint density at radius 2 is 1.76 bits per heavy atom. The maximum Gasteiger partial charge on any atom is 0.282 e. The first-order valence-corrected chi connectivity index (χ1v) is 11.9. The molecule has 1 heterocycles. The lowest BCUT2D eigenvalue weighted by Crippen LogP contribution is -2.37. The number of halogens is 1. The average molecular weight is 519 g/mol. The van der Waals surface area contributed by atoms with Crippen molar-refractivity contribution in [3.05, 3.63) is 115 Å². The van der Waals surface area contributed by atoms with Gasteiger partial charge in [-0.05, 0) is 30.7 Å². The van der Waals surface area contributed by atoms with Crippen LogP contribution in [0.4, 0.5) is 5.69 Å². The number of rotatable bonds is 9. The number of Topliss-reactive ketones (excluding diaryl/α,β-unsaturated/α-hetero) is 1. The number of carbonyl (C=O) groups is 2. The first-order chi connectivity index (χ1) is 17.8. The van der Waals surface area contributed by atoms with E-state index in [9.17, 15) is 24.5 Å². The van der Waals surface area contributed by atoms with Gasteiger partial charge < -0.3 is 4.90 Å². The number of nitrogens with zero attached hydrogens (tertiary/aromatic N) is 3. The van der Waals surface area contributed by atoms with E-state index < -0.39 is 22.2 Å². The summed E-state index contributed by atoms with van der Waals surface area (Å²) in [5, 5.41) is 14.6. The number of amides is 1. The van der Waals surface area contributed by atoms with Gasteiger partial charge >= 0.3 is 0 Å². The van der Waals surface area contributed by atoms with Gasteiger partial charge in [0.05, 0.1) is 22.8 Å². The first kappa shape index (κ1) is 25.6. The Morgan fingerprint density at radius 1 is 1.03 bits per heavy atom. The van der Waals surface area contributed by atoms with Crippen molar-refractivity contribution in [2.24, 2.45) is 0 Å². The van der Waals surface area contributed by atoms with Gasteiger partial charge in [0.15, 0.2) is 5.78 Å². The number of aromatic nitrogens is 2. The van der Waals surface area contributed by atoms with Crippen molar-refractivity contribution < 1.29 is 14.5 Å². The highest BCUT2D eigenvalue weighted by Gasteiger charge is 2.27. The average Bonchev–Trinajstić information content (AvgIpc) is 3.25. The van der Waals surface area contributed by atoms with Crippen molar-refractivity contribution in [1.29, 1.82) is 0 Å². The standard InChI is InChI=1S/C27H23ClN4O5/c1-2-14-30(26(34)19-10-6-13-22(15-19)32(36)37)17-23(33)24-25(18-8-4-3-5-9-18)29-31(27(24)35)21-12-7-11-20(28)16-21/h3-13,15-16,29H,2,14,17H2,1H3. The van der Waals surface area contributed by atoms with Gasteiger partial charge in [0.25, 0.3) is 17.2 Å². The van der Waals surface area contributed by atoms with Crippen LogP contribution in [0.1, 0.15) is 34.1 Å². The topological polar surface area (TPSA) is 118 Å². The van der Waals surface area contributed by atoms with Crippen LogP contribution in [0.15, 0.2) is 83.7 Å². The van der Waals surface area contributed by atoms with Crippen LogP contribution in [-0.4, -0.2) is 44.4 Å². The Kier molecular flexibility index (Phi) is 7.64. The predicted molar refractivity (Wildman–Crippen MR) is 140 cm³/mol. The van der Waals surface area contributed by atoms with E-state index in [1.807, 2.05) is 13.0 Å². The molecule has 4 aromatic rings. The minimum absolute atomic E-state index is 0.0872. The number of carbonyl (C=O) groups excluding carboxylic acids is 2. The number of non-ortho nitro benzene ring substituents is 1. The van der Waals surface area contributed by atoms with Crippen molar-refractivity contribution in [2.45, 2.75) is 13.3 Å². The second-order valence-electron chi connectivity index (χ2n) is 8.31. The first-order valence-electron chi connectivity index (χ1n) is 11.5. The van der Waals surface area contributed by atoms with Crippen LogP contribution in [0.3, 0.4) is 0 Å². The number of hydrogen-bond acceptors (Lipinski definition) is 5. The summed E-state index contributed by atoms with van der Waals surface area (Å²) < 4.78 is 1.24. The van der Waals surface area contributed by atoms with E-state index in [0.717, 1.165) is 0 Å². The predicted octanol–water partition coefficient (Wildman–Crippen LogP) is 5.13. The molecule has 0 saturated carbocycles. The largest absolute Gasteiger partial charge is 0.331 e. The summed E-state index contributed by atoms with van der Waals surface area (Å²) in [5.41, 5.74) is 0.570. The van der Waals surface area contributed by atoms with Crippen molar-refractivity contribution in [3.63, 3.8) is 0 Å². The summed E-state index contributed by atoms with van der Waals surface area (Å²) in [5.74, 6) is -1.10. The number of ketones is 1. The maximum atomic E-state index is 13.6. The summed E-state index contributed by atoms with van der Waals surface area (Å²) in [6.07, 6.45) is 0.541. The fraction of sp³-hybridized carbons (Fsp3) is 0.148. The molecular formula is C27H23ClN4O5. The molecule has 1 amide bonds. The second-order valence-corrected chi connectivity index (χ2v) is 8.74. The normalized spacial score (nSPS) is 10.8. The highest BCUT2D eigenvalue weighted by atomic mass is 35.5. The van der Waals surface area contributed by atoms with E-state index in [-0.39, 0.29) is 29.9 Å². The molecule has 0 spiro atoms. The number of nitro benzene ring substituents is 1. The monoisotopic (exact) mass is 518 g/mol. The molecule has 3 aromatic carbocycles. The van der Waals surface area contributed by atoms with Crippen LogP contribution >= 0.6 is 11.6 Å². The minimum Gasteiger partial charge on any atom is -0.331 e. The molecule has 0 unspecified atom stereocenters. The Morgan fingerprint density at radius 3 is 2.43 bits per heavy atom. The minimum atomic E-state index is -0.587. The molecule has 0 aliphatic carbocycles. The van der Waals surface area contributed by atoms with Crippen LogP contribution in [0.25, 0.3) is 16.9 Å². The molecular weight excluding hydrogens is 496 g/mol. The van der Waals surface area contributed by atoms with Gasteiger partial charge in [0, 0.05) is 34.8 Å². The number of H-pyrrole nitrogens is 1. The Labute approximate surface area is 217 Å². The zero-order chi connectivity index (χ0) is 26.5. The number of nitro groups is 1. The molecule has 0 fully saturated rings. The molecule has 0 aliphatic rings. The maximum absolute atomic E-state index is 13.6. The van der Waals surface area contributed by atoms with Gasteiger partial charge in [-0.2, -0.15) is 0 Å². The molecule has 0 atom stereocenters. The van der Waals surface area contributed by atoms with E-state index in [1.54, 1.807) is 48.5 Å². The molecule has 0 radical (unpaired) electrons. The highest BCUT2D eigenvalue weighted by molar-refractivity contribution is 6.30. The summed E-state index contributed by atoms with van der Waals surface area (Å²) >= 11 is 6.12. The number of nitrogens with one attached hydrogen (secondary N) is 1. The van der Waals surface area contributed by atoms with E-state index in [0.29, 0.717) is 28.4 Å². The van der Waals surface area contributed by atoms with E-state index in [4.69, 9.17) is 11.6 Å². The van der Waals surface area contributed by atoms with Crippen molar-refractivity contribution >= 4 is 29.0 Å². The summed E-state index contributed by atoms with van der Waals surface area (Å²) in [6.45, 7) is 1.69. The van der Waals surface area contributed by atoms with E-state index in [2.05, 4.69) is 5.10 Å². The molecule has 9 nitrogen and oxygen atoms in total. The van der Waals surface area contributed by atoms with Crippen molar-refractivity contribution in [2.75, 3.05) is 13.1 Å². The van der Waals surface area contributed by atoms with Crippen molar-refractivity contribution in [3.8, 4) is 16.9 Å². The fourth-order valence-electron chi connectivity index (χ4n) is 4.02. The summed E-state index contributed by atoms with van der Waals surface area (Å²) in [7, 11) is 0.